The number of hydrogen-bond donors (Lipinski definition) is 1. The molecule has 1 aliphatic heterocycles. The van der Waals surface area contributed by atoms with Gasteiger partial charge in [0.15, 0.2) is 0 Å². The minimum atomic E-state index is -0.932. The number of carboxylic acid groups (broad SMARTS) is 1. The van der Waals surface area contributed by atoms with E-state index in [0.29, 0.717) is 31.9 Å². The van der Waals surface area contributed by atoms with Gasteiger partial charge in [-0.3, -0.25) is 4.79 Å². The lowest BCUT2D eigenvalue weighted by atomic mass is 9.92. The lowest BCUT2D eigenvalue weighted by molar-refractivity contribution is -0.158. The third-order valence-corrected chi connectivity index (χ3v) is 3.47. The molecule has 0 aromatic rings. The summed E-state index contributed by atoms with van der Waals surface area (Å²) >= 11 is 0. The van der Waals surface area contributed by atoms with E-state index in [4.69, 9.17) is 4.74 Å². The smallest absolute Gasteiger partial charge is 0.326 e. The SMILES string of the molecule is C=CCCOC(C)C(=O)N1CCC(C)CC1C(=O)O. The van der Waals surface area contributed by atoms with Crippen LogP contribution in [0.1, 0.15) is 33.1 Å². The predicted molar refractivity (Wildman–Crippen MR) is 71.8 cm³/mol. The first kappa shape index (κ1) is 15.7. The molecule has 3 unspecified atom stereocenters. The molecular formula is C14H23NO4. The Bertz CT molecular complexity index is 342. The van der Waals surface area contributed by atoms with Crippen LogP contribution in [0.2, 0.25) is 0 Å². The van der Waals surface area contributed by atoms with E-state index in [-0.39, 0.29) is 5.91 Å². The molecule has 1 heterocycles. The Morgan fingerprint density at radius 2 is 2.26 bits per heavy atom. The van der Waals surface area contributed by atoms with Gasteiger partial charge in [0.2, 0.25) is 0 Å². The van der Waals surface area contributed by atoms with E-state index in [1.165, 1.54) is 4.90 Å². The lowest BCUT2D eigenvalue weighted by Gasteiger charge is -2.37. The van der Waals surface area contributed by atoms with E-state index < -0.39 is 18.1 Å². The molecule has 0 spiro atoms. The Labute approximate surface area is 114 Å². The third-order valence-electron chi connectivity index (χ3n) is 3.47. The van der Waals surface area contributed by atoms with E-state index in [0.717, 1.165) is 6.42 Å². The molecule has 0 bridgehead atoms. The van der Waals surface area contributed by atoms with E-state index in [1.54, 1.807) is 13.0 Å². The van der Waals surface area contributed by atoms with Gasteiger partial charge in [0.1, 0.15) is 12.1 Å². The van der Waals surface area contributed by atoms with Crippen molar-refractivity contribution < 1.29 is 19.4 Å². The molecule has 0 radical (unpaired) electrons. The molecule has 1 aliphatic rings. The first-order valence-electron chi connectivity index (χ1n) is 6.73. The number of carbonyl (C=O) groups is 2. The van der Waals surface area contributed by atoms with Gasteiger partial charge in [-0.1, -0.05) is 13.0 Å². The Morgan fingerprint density at radius 3 is 2.84 bits per heavy atom. The summed E-state index contributed by atoms with van der Waals surface area (Å²) in [5.41, 5.74) is 0. The van der Waals surface area contributed by atoms with E-state index >= 15 is 0 Å². The number of rotatable bonds is 6. The van der Waals surface area contributed by atoms with Crippen molar-refractivity contribution in [2.75, 3.05) is 13.2 Å². The number of hydrogen-bond acceptors (Lipinski definition) is 3. The summed E-state index contributed by atoms with van der Waals surface area (Å²) in [7, 11) is 0. The second kappa shape index (κ2) is 7.28. The highest BCUT2D eigenvalue weighted by Gasteiger charge is 2.36. The highest BCUT2D eigenvalue weighted by atomic mass is 16.5. The van der Waals surface area contributed by atoms with Crippen molar-refractivity contribution in [1.82, 2.24) is 4.90 Å². The number of carboxylic acids is 1. The van der Waals surface area contributed by atoms with Crippen LogP contribution in [0, 0.1) is 5.92 Å². The second-order valence-corrected chi connectivity index (χ2v) is 5.11. The largest absolute Gasteiger partial charge is 0.480 e. The number of amides is 1. The van der Waals surface area contributed by atoms with Gasteiger partial charge < -0.3 is 14.7 Å². The van der Waals surface area contributed by atoms with Gasteiger partial charge >= 0.3 is 5.97 Å². The zero-order valence-corrected chi connectivity index (χ0v) is 11.7. The Balaban J connectivity index is 2.62. The van der Waals surface area contributed by atoms with Gasteiger partial charge in [-0.15, -0.1) is 6.58 Å². The van der Waals surface area contributed by atoms with Crippen LogP contribution < -0.4 is 0 Å². The van der Waals surface area contributed by atoms with E-state index in [2.05, 4.69) is 6.58 Å². The first-order valence-corrected chi connectivity index (χ1v) is 6.73. The maximum absolute atomic E-state index is 12.2. The topological polar surface area (TPSA) is 66.8 Å². The summed E-state index contributed by atoms with van der Waals surface area (Å²) in [5.74, 6) is -0.830. The molecule has 0 aromatic carbocycles. The predicted octanol–water partition coefficient (Wildman–Crippen LogP) is 1.68. The Kier molecular flexibility index (Phi) is 6.02. The quantitative estimate of drug-likeness (QED) is 0.588. The minimum absolute atomic E-state index is 0.233. The molecule has 1 N–H and O–H groups in total. The van der Waals surface area contributed by atoms with Gasteiger partial charge in [0, 0.05) is 6.54 Å². The third kappa shape index (κ3) is 4.35. The summed E-state index contributed by atoms with van der Waals surface area (Å²) in [6.07, 6.45) is 3.15. The van der Waals surface area contributed by atoms with Crippen molar-refractivity contribution in [3.05, 3.63) is 12.7 Å². The highest BCUT2D eigenvalue weighted by molar-refractivity contribution is 5.86. The summed E-state index contributed by atoms with van der Waals surface area (Å²) in [5, 5.41) is 9.22. The summed E-state index contributed by atoms with van der Waals surface area (Å²) in [6, 6.07) is -0.721. The fraction of sp³-hybridized carbons (Fsp3) is 0.714. The highest BCUT2D eigenvalue weighted by Crippen LogP contribution is 2.23. The standard InChI is InChI=1S/C14H23NO4/c1-4-5-8-19-11(3)13(16)15-7-6-10(2)9-12(15)14(17)18/h4,10-12H,1,5-9H2,2-3H3,(H,17,18). The number of nitrogens with zero attached hydrogens (tertiary/aromatic N) is 1. The van der Waals surface area contributed by atoms with Crippen LogP contribution >= 0.6 is 0 Å². The van der Waals surface area contributed by atoms with Crippen LogP contribution in [0.3, 0.4) is 0 Å². The zero-order chi connectivity index (χ0) is 14.4. The van der Waals surface area contributed by atoms with Crippen molar-refractivity contribution in [1.29, 1.82) is 0 Å². The molecule has 3 atom stereocenters. The molecule has 1 rings (SSSR count). The normalized spacial score (nSPS) is 24.8. The molecule has 5 heteroatoms. The fourth-order valence-electron chi connectivity index (χ4n) is 2.27. The van der Waals surface area contributed by atoms with Gasteiger partial charge in [-0.2, -0.15) is 0 Å². The lowest BCUT2D eigenvalue weighted by Crippen LogP contribution is -2.52. The van der Waals surface area contributed by atoms with Crippen LogP contribution in [0.5, 0.6) is 0 Å². The molecule has 1 fully saturated rings. The molecular weight excluding hydrogens is 246 g/mol. The molecule has 1 amide bonds. The van der Waals surface area contributed by atoms with Crippen LogP contribution in [-0.4, -0.2) is 47.2 Å². The molecule has 0 saturated carbocycles. The Morgan fingerprint density at radius 1 is 1.58 bits per heavy atom. The monoisotopic (exact) mass is 269 g/mol. The van der Waals surface area contributed by atoms with Crippen molar-refractivity contribution in [2.24, 2.45) is 5.92 Å². The van der Waals surface area contributed by atoms with E-state index in [1.807, 2.05) is 6.92 Å². The van der Waals surface area contributed by atoms with Crippen LogP contribution in [-0.2, 0) is 14.3 Å². The maximum Gasteiger partial charge on any atom is 0.326 e. The number of ether oxygens (including phenoxy) is 1. The fourth-order valence-corrected chi connectivity index (χ4v) is 2.27. The maximum atomic E-state index is 12.2. The Hall–Kier alpha value is -1.36. The summed E-state index contributed by atoms with van der Waals surface area (Å²) in [6.45, 7) is 8.19. The van der Waals surface area contributed by atoms with Crippen LogP contribution in [0.25, 0.3) is 0 Å². The number of likely N-dealkylation sites (tertiary alicyclic amines) is 1. The average Bonchev–Trinajstić information content (AvgIpc) is 2.38. The number of carbonyl (C=O) groups excluding carboxylic acids is 1. The van der Waals surface area contributed by atoms with Gasteiger partial charge in [-0.05, 0) is 32.1 Å². The van der Waals surface area contributed by atoms with Crippen molar-refractivity contribution in [2.45, 2.75) is 45.3 Å². The molecule has 19 heavy (non-hydrogen) atoms. The molecule has 0 aromatic heterocycles. The van der Waals surface area contributed by atoms with Crippen molar-refractivity contribution >= 4 is 11.9 Å². The van der Waals surface area contributed by atoms with Gasteiger partial charge in [0.05, 0.1) is 6.61 Å². The van der Waals surface area contributed by atoms with Crippen LogP contribution in [0.15, 0.2) is 12.7 Å². The first-order chi connectivity index (χ1) is 8.97. The molecule has 1 saturated heterocycles. The summed E-state index contributed by atoms with van der Waals surface area (Å²) in [4.78, 5) is 24.9. The average molecular weight is 269 g/mol. The molecule has 0 aliphatic carbocycles. The number of piperidine rings is 1. The number of aliphatic carboxylic acids is 1. The van der Waals surface area contributed by atoms with Gasteiger partial charge in [0.25, 0.3) is 5.91 Å². The van der Waals surface area contributed by atoms with E-state index in [9.17, 15) is 14.7 Å². The molecule has 108 valence electrons. The molecule has 5 nitrogen and oxygen atoms in total. The van der Waals surface area contributed by atoms with Crippen LogP contribution in [0.4, 0.5) is 0 Å². The summed E-state index contributed by atoms with van der Waals surface area (Å²) < 4.78 is 5.40. The van der Waals surface area contributed by atoms with Gasteiger partial charge in [-0.25, -0.2) is 4.79 Å². The van der Waals surface area contributed by atoms with Crippen molar-refractivity contribution in [3.63, 3.8) is 0 Å². The zero-order valence-electron chi connectivity index (χ0n) is 11.7. The minimum Gasteiger partial charge on any atom is -0.480 e. The van der Waals surface area contributed by atoms with Crippen molar-refractivity contribution in [3.8, 4) is 0 Å². The second-order valence-electron chi connectivity index (χ2n) is 5.11.